The molecule has 1 aliphatic heterocycles. The van der Waals surface area contributed by atoms with E-state index in [0.717, 1.165) is 24.4 Å². The summed E-state index contributed by atoms with van der Waals surface area (Å²) in [7, 11) is 0. The average molecular weight is 345 g/mol. The Balaban J connectivity index is 1.60. The third kappa shape index (κ3) is 2.32. The van der Waals surface area contributed by atoms with E-state index in [9.17, 15) is 4.79 Å². The lowest BCUT2D eigenvalue weighted by atomic mass is 10.1. The fourth-order valence-corrected chi connectivity index (χ4v) is 3.36. The average Bonchev–Trinajstić information content (AvgIpc) is 3.29. The molecule has 0 aliphatic carbocycles. The van der Waals surface area contributed by atoms with Crippen LogP contribution in [0.25, 0.3) is 33.9 Å². The van der Waals surface area contributed by atoms with Crippen molar-refractivity contribution in [3.8, 4) is 23.0 Å². The molecule has 3 aromatic heterocycles. The van der Waals surface area contributed by atoms with Gasteiger partial charge in [0.15, 0.2) is 0 Å². The fraction of sp³-hybridized carbons (Fsp3) is 0.211. The summed E-state index contributed by atoms with van der Waals surface area (Å²) in [4.78, 5) is 21.6. The Hall–Kier alpha value is -3.35. The molecule has 0 spiro atoms. The molecule has 5 rings (SSSR count). The minimum absolute atomic E-state index is 0.0144. The van der Waals surface area contributed by atoms with Gasteiger partial charge in [0.05, 0.1) is 10.9 Å². The first kappa shape index (κ1) is 14.9. The summed E-state index contributed by atoms with van der Waals surface area (Å²) in [5.74, 6) is 2.01. The van der Waals surface area contributed by atoms with Gasteiger partial charge >= 0.3 is 0 Å². The lowest BCUT2D eigenvalue weighted by Gasteiger charge is -2.05. The molecule has 7 heteroatoms. The standard InChI is InChI=1S/C19H15N5O2/c1-11-8-16-21-15-9-12(5-6-13(15)19(25)24(16)10-11)17-22-23-18(26-17)14-4-2-3-7-20-14/h2-7,9,11H,8,10H2,1H3. The summed E-state index contributed by atoms with van der Waals surface area (Å²) in [5.41, 5.74) is 2.02. The van der Waals surface area contributed by atoms with Crippen LogP contribution in [0.4, 0.5) is 0 Å². The second-order valence-electron chi connectivity index (χ2n) is 6.61. The molecule has 4 aromatic rings. The zero-order chi connectivity index (χ0) is 17.7. The Bertz CT molecular complexity index is 1180. The van der Waals surface area contributed by atoms with Crippen LogP contribution in [0.5, 0.6) is 0 Å². The minimum atomic E-state index is 0.0144. The summed E-state index contributed by atoms with van der Waals surface area (Å²) in [5, 5.41) is 8.78. The largest absolute Gasteiger partial charge is 0.415 e. The van der Waals surface area contributed by atoms with Gasteiger partial charge in [-0.1, -0.05) is 13.0 Å². The van der Waals surface area contributed by atoms with Gasteiger partial charge in [-0.15, -0.1) is 10.2 Å². The lowest BCUT2D eigenvalue weighted by molar-refractivity contribution is 0.558. The Morgan fingerprint density at radius 3 is 2.88 bits per heavy atom. The molecule has 1 unspecified atom stereocenters. The highest BCUT2D eigenvalue weighted by Crippen LogP contribution is 2.26. The van der Waals surface area contributed by atoms with E-state index in [1.165, 1.54) is 0 Å². The van der Waals surface area contributed by atoms with Gasteiger partial charge in [-0.2, -0.15) is 0 Å². The van der Waals surface area contributed by atoms with Gasteiger partial charge in [-0.3, -0.25) is 14.3 Å². The highest BCUT2D eigenvalue weighted by molar-refractivity contribution is 5.82. The second-order valence-corrected chi connectivity index (χ2v) is 6.61. The fourth-order valence-electron chi connectivity index (χ4n) is 3.36. The van der Waals surface area contributed by atoms with Gasteiger partial charge < -0.3 is 4.42 Å². The number of hydrogen-bond acceptors (Lipinski definition) is 6. The third-order valence-electron chi connectivity index (χ3n) is 4.62. The van der Waals surface area contributed by atoms with Crippen molar-refractivity contribution >= 4 is 10.9 Å². The zero-order valence-electron chi connectivity index (χ0n) is 14.1. The summed E-state index contributed by atoms with van der Waals surface area (Å²) >= 11 is 0. The highest BCUT2D eigenvalue weighted by atomic mass is 16.4. The van der Waals surface area contributed by atoms with Crippen molar-refractivity contribution in [2.24, 2.45) is 5.92 Å². The Labute approximate surface area is 148 Å². The number of pyridine rings is 1. The van der Waals surface area contributed by atoms with E-state index in [1.54, 1.807) is 16.8 Å². The van der Waals surface area contributed by atoms with E-state index in [4.69, 9.17) is 4.42 Å². The van der Waals surface area contributed by atoms with Gasteiger partial charge in [-0.05, 0) is 36.2 Å². The van der Waals surface area contributed by atoms with Crippen LogP contribution < -0.4 is 5.56 Å². The van der Waals surface area contributed by atoms with Crippen LogP contribution in [0.1, 0.15) is 12.7 Å². The predicted molar refractivity (Wildman–Crippen MR) is 95.4 cm³/mol. The van der Waals surface area contributed by atoms with Crippen molar-refractivity contribution in [3.05, 3.63) is 58.8 Å². The van der Waals surface area contributed by atoms with E-state index in [-0.39, 0.29) is 5.56 Å². The molecular weight excluding hydrogens is 330 g/mol. The number of rotatable bonds is 2. The number of benzene rings is 1. The van der Waals surface area contributed by atoms with Crippen LogP contribution >= 0.6 is 0 Å². The molecule has 26 heavy (non-hydrogen) atoms. The van der Waals surface area contributed by atoms with Crippen molar-refractivity contribution in [1.29, 1.82) is 0 Å². The molecule has 0 saturated heterocycles. The molecule has 0 fully saturated rings. The zero-order valence-corrected chi connectivity index (χ0v) is 14.1. The monoisotopic (exact) mass is 345 g/mol. The highest BCUT2D eigenvalue weighted by Gasteiger charge is 2.22. The maximum Gasteiger partial charge on any atom is 0.266 e. The quantitative estimate of drug-likeness (QED) is 0.555. The maximum absolute atomic E-state index is 12.7. The van der Waals surface area contributed by atoms with Gasteiger partial charge in [0.2, 0.25) is 5.89 Å². The van der Waals surface area contributed by atoms with Crippen LogP contribution in [0, 0.1) is 5.92 Å². The van der Waals surface area contributed by atoms with Crippen LogP contribution in [-0.2, 0) is 13.0 Å². The molecule has 1 aliphatic rings. The van der Waals surface area contributed by atoms with Crippen LogP contribution in [0.15, 0.2) is 51.8 Å². The van der Waals surface area contributed by atoms with Crippen LogP contribution in [0.3, 0.4) is 0 Å². The number of fused-ring (bicyclic) bond motifs is 2. The van der Waals surface area contributed by atoms with Crippen molar-refractivity contribution in [3.63, 3.8) is 0 Å². The van der Waals surface area contributed by atoms with Crippen molar-refractivity contribution in [2.45, 2.75) is 19.9 Å². The molecule has 0 N–H and O–H groups in total. The molecule has 0 saturated carbocycles. The molecule has 0 bridgehead atoms. The first-order chi connectivity index (χ1) is 12.7. The van der Waals surface area contributed by atoms with E-state index < -0.39 is 0 Å². The van der Waals surface area contributed by atoms with E-state index in [2.05, 4.69) is 27.1 Å². The van der Waals surface area contributed by atoms with Gasteiger partial charge in [0, 0.05) is 24.7 Å². The number of aromatic nitrogens is 5. The lowest BCUT2D eigenvalue weighted by Crippen LogP contribution is -2.21. The predicted octanol–water partition coefficient (Wildman–Crippen LogP) is 2.70. The summed E-state index contributed by atoms with van der Waals surface area (Å²) < 4.78 is 7.53. The second kappa shape index (κ2) is 5.59. The minimum Gasteiger partial charge on any atom is -0.415 e. The third-order valence-corrected chi connectivity index (χ3v) is 4.62. The molecule has 0 radical (unpaired) electrons. The number of hydrogen-bond donors (Lipinski definition) is 0. The van der Waals surface area contributed by atoms with E-state index in [0.29, 0.717) is 34.3 Å². The molecule has 128 valence electrons. The maximum atomic E-state index is 12.7. The first-order valence-electron chi connectivity index (χ1n) is 8.48. The van der Waals surface area contributed by atoms with Gasteiger partial charge in [0.1, 0.15) is 11.5 Å². The van der Waals surface area contributed by atoms with Gasteiger partial charge in [-0.25, -0.2) is 4.98 Å². The SMILES string of the molecule is CC1Cc2nc3cc(-c4nnc(-c5ccccn5)o4)ccc3c(=O)n2C1. The Morgan fingerprint density at radius 1 is 1.15 bits per heavy atom. The summed E-state index contributed by atoms with van der Waals surface area (Å²) in [6, 6.07) is 10.9. The summed E-state index contributed by atoms with van der Waals surface area (Å²) in [6.07, 6.45) is 2.49. The van der Waals surface area contributed by atoms with Gasteiger partial charge in [0.25, 0.3) is 11.4 Å². The normalized spacial score (nSPS) is 16.1. The topological polar surface area (TPSA) is 86.7 Å². The Kier molecular flexibility index (Phi) is 3.21. The molecule has 0 amide bonds. The smallest absolute Gasteiger partial charge is 0.266 e. The van der Waals surface area contributed by atoms with E-state index in [1.807, 2.05) is 30.3 Å². The molecule has 4 heterocycles. The Morgan fingerprint density at radius 2 is 2.04 bits per heavy atom. The van der Waals surface area contributed by atoms with Crippen molar-refractivity contribution in [1.82, 2.24) is 24.7 Å². The van der Waals surface area contributed by atoms with E-state index >= 15 is 0 Å². The van der Waals surface area contributed by atoms with Crippen molar-refractivity contribution < 1.29 is 4.42 Å². The molecule has 1 aromatic carbocycles. The molecular formula is C19H15N5O2. The first-order valence-corrected chi connectivity index (χ1v) is 8.48. The van der Waals surface area contributed by atoms with Crippen LogP contribution in [-0.4, -0.2) is 24.7 Å². The number of nitrogens with zero attached hydrogens (tertiary/aromatic N) is 5. The molecule has 1 atom stereocenters. The molecule has 7 nitrogen and oxygen atoms in total. The van der Waals surface area contributed by atoms with Crippen molar-refractivity contribution in [2.75, 3.05) is 0 Å². The summed E-state index contributed by atoms with van der Waals surface area (Å²) in [6.45, 7) is 2.86. The van der Waals surface area contributed by atoms with Crippen LogP contribution in [0.2, 0.25) is 0 Å².